The molecule has 2 heterocycles. The van der Waals surface area contributed by atoms with Crippen molar-refractivity contribution in [1.82, 2.24) is 4.90 Å². The van der Waals surface area contributed by atoms with Crippen LogP contribution in [0.3, 0.4) is 0 Å². The van der Waals surface area contributed by atoms with Crippen molar-refractivity contribution >= 4 is 43.0 Å². The highest BCUT2D eigenvalue weighted by atomic mass is 32.2. The number of amides is 1. The SMILES string of the molecule is Cc1ccc(S(=O)(=O)O[C@H]2CCN3C(=O)CC[C@H]3C2)cc1.S.S. The molecule has 0 N–H and O–H groups in total. The van der Waals surface area contributed by atoms with Gasteiger partial charge in [0.05, 0.1) is 11.0 Å². The number of piperidine rings is 1. The highest BCUT2D eigenvalue weighted by Gasteiger charge is 2.38. The molecule has 0 aliphatic carbocycles. The molecule has 2 fully saturated rings. The van der Waals surface area contributed by atoms with Crippen molar-refractivity contribution in [2.24, 2.45) is 0 Å². The van der Waals surface area contributed by atoms with Crippen LogP contribution in [-0.2, 0) is 19.1 Å². The maximum Gasteiger partial charge on any atom is 0.297 e. The van der Waals surface area contributed by atoms with Gasteiger partial charge in [-0.15, -0.1) is 0 Å². The number of carbonyl (C=O) groups is 1. The lowest BCUT2D eigenvalue weighted by atomic mass is 10.0. The maximum atomic E-state index is 12.3. The van der Waals surface area contributed by atoms with E-state index in [1.807, 2.05) is 11.8 Å². The Kier molecular flexibility index (Phi) is 7.00. The number of fused-ring (bicyclic) bond motifs is 1. The minimum absolute atomic E-state index is 0. The fourth-order valence-electron chi connectivity index (χ4n) is 3.08. The lowest BCUT2D eigenvalue weighted by Gasteiger charge is -2.34. The molecule has 2 saturated heterocycles. The zero-order valence-corrected chi connectivity index (χ0v) is 15.8. The van der Waals surface area contributed by atoms with E-state index >= 15 is 0 Å². The summed E-state index contributed by atoms with van der Waals surface area (Å²) in [6.07, 6.45) is 2.23. The Bertz CT molecular complexity index is 645. The zero-order chi connectivity index (χ0) is 15.0. The molecule has 0 bridgehead atoms. The van der Waals surface area contributed by atoms with Gasteiger partial charge >= 0.3 is 0 Å². The van der Waals surface area contributed by atoms with Gasteiger partial charge in [-0.1, -0.05) is 17.7 Å². The third-order valence-corrected chi connectivity index (χ3v) is 5.63. The summed E-state index contributed by atoms with van der Waals surface area (Å²) in [4.78, 5) is 13.7. The van der Waals surface area contributed by atoms with Crippen molar-refractivity contribution in [2.75, 3.05) is 6.54 Å². The first kappa shape index (κ1) is 20.3. The predicted molar refractivity (Wildman–Crippen MR) is 98.0 cm³/mol. The number of hydrogen-bond acceptors (Lipinski definition) is 4. The lowest BCUT2D eigenvalue weighted by molar-refractivity contribution is -0.130. The van der Waals surface area contributed by atoms with Crippen molar-refractivity contribution in [3.05, 3.63) is 29.8 Å². The van der Waals surface area contributed by atoms with Gasteiger partial charge in [0.15, 0.2) is 0 Å². The molecule has 0 saturated carbocycles. The van der Waals surface area contributed by atoms with Crippen LogP contribution in [-0.4, -0.2) is 37.9 Å². The van der Waals surface area contributed by atoms with Crippen LogP contribution in [0.25, 0.3) is 0 Å². The summed E-state index contributed by atoms with van der Waals surface area (Å²) in [6.45, 7) is 2.50. The minimum atomic E-state index is -3.72. The second-order valence-electron chi connectivity index (χ2n) is 5.79. The summed E-state index contributed by atoms with van der Waals surface area (Å²) in [5.41, 5.74) is 1.01. The smallest absolute Gasteiger partial charge is 0.297 e. The van der Waals surface area contributed by atoms with Crippen molar-refractivity contribution < 1.29 is 17.4 Å². The third-order valence-electron chi connectivity index (χ3n) is 4.25. The van der Waals surface area contributed by atoms with E-state index in [4.69, 9.17) is 4.18 Å². The van der Waals surface area contributed by atoms with E-state index in [2.05, 4.69) is 0 Å². The van der Waals surface area contributed by atoms with Gasteiger partial charge in [0.25, 0.3) is 10.1 Å². The van der Waals surface area contributed by atoms with Crippen LogP contribution in [0.15, 0.2) is 29.2 Å². The zero-order valence-electron chi connectivity index (χ0n) is 13.0. The molecule has 1 aromatic carbocycles. The van der Waals surface area contributed by atoms with Crippen LogP contribution in [0.4, 0.5) is 0 Å². The van der Waals surface area contributed by atoms with Crippen LogP contribution < -0.4 is 0 Å². The average Bonchev–Trinajstić information content (AvgIpc) is 2.80. The largest absolute Gasteiger partial charge is 0.340 e. The Hall–Kier alpha value is -0.700. The molecule has 0 aromatic heterocycles. The molecule has 23 heavy (non-hydrogen) atoms. The number of carbonyl (C=O) groups excluding carboxylic acids is 1. The normalized spacial score (nSPS) is 23.7. The maximum absolute atomic E-state index is 12.3. The molecule has 130 valence electrons. The van der Waals surface area contributed by atoms with Crippen LogP contribution in [0.1, 0.15) is 31.2 Å². The van der Waals surface area contributed by atoms with Gasteiger partial charge < -0.3 is 4.90 Å². The fourth-order valence-corrected chi connectivity index (χ4v) is 4.19. The molecule has 0 spiro atoms. The van der Waals surface area contributed by atoms with Crippen LogP contribution in [0.2, 0.25) is 0 Å². The molecular weight excluding hydrogens is 354 g/mol. The summed E-state index contributed by atoms with van der Waals surface area (Å²) < 4.78 is 29.9. The number of aryl methyl sites for hydroxylation is 1. The summed E-state index contributed by atoms with van der Waals surface area (Å²) in [7, 11) is -3.72. The Morgan fingerprint density at radius 2 is 1.78 bits per heavy atom. The molecule has 8 heteroatoms. The highest BCUT2D eigenvalue weighted by molar-refractivity contribution is 7.86. The van der Waals surface area contributed by atoms with E-state index in [1.54, 1.807) is 24.3 Å². The van der Waals surface area contributed by atoms with Gasteiger partial charge in [0, 0.05) is 19.0 Å². The molecule has 2 aliphatic rings. The Labute approximate surface area is 151 Å². The van der Waals surface area contributed by atoms with Crippen LogP contribution in [0, 0.1) is 6.92 Å². The van der Waals surface area contributed by atoms with Gasteiger partial charge in [-0.2, -0.15) is 35.4 Å². The topological polar surface area (TPSA) is 63.7 Å². The van der Waals surface area contributed by atoms with Gasteiger partial charge in [-0.3, -0.25) is 8.98 Å². The predicted octanol–water partition coefficient (Wildman–Crippen LogP) is 2.08. The van der Waals surface area contributed by atoms with Crippen LogP contribution in [0.5, 0.6) is 0 Å². The molecule has 5 nitrogen and oxygen atoms in total. The molecule has 1 aromatic rings. The number of nitrogens with zero attached hydrogens (tertiary/aromatic N) is 1. The average molecular weight is 378 g/mol. The fraction of sp³-hybridized carbons (Fsp3) is 0.533. The van der Waals surface area contributed by atoms with Crippen LogP contribution >= 0.6 is 27.0 Å². The standard InChI is InChI=1S/C15H19NO4S.2H2S/c1-11-2-5-14(6-3-11)21(18,19)20-13-8-9-16-12(10-13)4-7-15(16)17;;/h2-3,5-6,12-13H,4,7-10H2,1H3;2*1H2/t12-,13-;;/m0../s1. The molecule has 0 unspecified atom stereocenters. The highest BCUT2D eigenvalue weighted by Crippen LogP contribution is 2.30. The van der Waals surface area contributed by atoms with Crippen molar-refractivity contribution in [3.63, 3.8) is 0 Å². The Morgan fingerprint density at radius 1 is 1.13 bits per heavy atom. The van der Waals surface area contributed by atoms with Gasteiger partial charge in [0.2, 0.25) is 5.91 Å². The first-order chi connectivity index (χ1) is 9.95. The molecule has 3 rings (SSSR count). The van der Waals surface area contributed by atoms with Gasteiger partial charge in [-0.25, -0.2) is 0 Å². The van der Waals surface area contributed by atoms with Crippen molar-refractivity contribution in [2.45, 2.75) is 49.6 Å². The first-order valence-corrected chi connectivity index (χ1v) is 8.66. The molecule has 2 atom stereocenters. The van der Waals surface area contributed by atoms with Gasteiger partial charge in [0.1, 0.15) is 0 Å². The van der Waals surface area contributed by atoms with E-state index in [-0.39, 0.29) is 49.9 Å². The second kappa shape index (κ2) is 7.92. The van der Waals surface area contributed by atoms with Crippen molar-refractivity contribution in [3.8, 4) is 0 Å². The number of hydrogen-bond donors (Lipinski definition) is 0. The first-order valence-electron chi connectivity index (χ1n) is 7.25. The van der Waals surface area contributed by atoms with Crippen molar-refractivity contribution in [1.29, 1.82) is 0 Å². The monoisotopic (exact) mass is 377 g/mol. The molecule has 1 amide bonds. The minimum Gasteiger partial charge on any atom is -0.340 e. The summed E-state index contributed by atoms with van der Waals surface area (Å²) in [6, 6.07) is 6.80. The molecule has 0 radical (unpaired) electrons. The summed E-state index contributed by atoms with van der Waals surface area (Å²) >= 11 is 0. The quantitative estimate of drug-likeness (QED) is 0.757. The number of benzene rings is 1. The van der Waals surface area contributed by atoms with Gasteiger partial charge in [-0.05, 0) is 38.3 Å². The van der Waals surface area contributed by atoms with E-state index in [1.165, 1.54) is 0 Å². The Balaban J connectivity index is 0.00000132. The Morgan fingerprint density at radius 3 is 2.43 bits per heavy atom. The molecular formula is C15H23NO4S3. The third kappa shape index (κ3) is 4.43. The van der Waals surface area contributed by atoms with E-state index in [0.717, 1.165) is 12.0 Å². The van der Waals surface area contributed by atoms with E-state index in [9.17, 15) is 13.2 Å². The van der Waals surface area contributed by atoms with E-state index < -0.39 is 10.1 Å². The lowest BCUT2D eigenvalue weighted by Crippen LogP contribution is -2.43. The number of rotatable bonds is 3. The summed E-state index contributed by atoms with van der Waals surface area (Å²) in [5.74, 6) is 0.180. The summed E-state index contributed by atoms with van der Waals surface area (Å²) in [5, 5.41) is 0. The van der Waals surface area contributed by atoms with E-state index in [0.29, 0.717) is 25.8 Å². The molecule has 2 aliphatic heterocycles. The second-order valence-corrected chi connectivity index (χ2v) is 7.36.